The van der Waals surface area contributed by atoms with Gasteiger partial charge in [0.15, 0.2) is 5.75 Å². The molecule has 0 spiro atoms. The number of aryl methyl sites for hydroxylation is 1. The monoisotopic (exact) mass is 279 g/mol. The van der Waals surface area contributed by atoms with Crippen LogP contribution in [0.15, 0.2) is 48.7 Å². The van der Waals surface area contributed by atoms with Crippen LogP contribution in [0.25, 0.3) is 10.9 Å². The molecule has 2 N–H and O–H groups in total. The van der Waals surface area contributed by atoms with Gasteiger partial charge in [0.25, 0.3) is 0 Å². The molecule has 3 aromatic rings. The van der Waals surface area contributed by atoms with Gasteiger partial charge in [-0.15, -0.1) is 0 Å². The zero-order chi connectivity index (χ0) is 14.8. The normalized spacial score (nSPS) is 12.3. The van der Waals surface area contributed by atoms with Crippen LogP contribution in [0.2, 0.25) is 0 Å². The van der Waals surface area contributed by atoms with Gasteiger partial charge < -0.3 is 10.5 Å². The lowest BCUT2D eigenvalue weighted by molar-refractivity contribution is 0.466. The van der Waals surface area contributed by atoms with Gasteiger partial charge in [-0.1, -0.05) is 24.3 Å². The predicted octanol–water partition coefficient (Wildman–Crippen LogP) is 3.75. The van der Waals surface area contributed by atoms with Crippen LogP contribution >= 0.6 is 0 Å². The first-order valence-electron chi connectivity index (χ1n) is 6.89. The molecule has 0 saturated carbocycles. The van der Waals surface area contributed by atoms with Gasteiger partial charge >= 0.3 is 0 Å². The van der Waals surface area contributed by atoms with Gasteiger partial charge in [0.05, 0.1) is 0 Å². The van der Waals surface area contributed by atoms with Gasteiger partial charge in [0, 0.05) is 29.4 Å². The fourth-order valence-corrected chi connectivity index (χ4v) is 2.13. The molecule has 4 heteroatoms. The largest absolute Gasteiger partial charge is 0.437 e. The summed E-state index contributed by atoms with van der Waals surface area (Å²) < 4.78 is 5.87. The molecule has 2 aromatic heterocycles. The van der Waals surface area contributed by atoms with Crippen molar-refractivity contribution in [1.82, 2.24) is 9.97 Å². The first-order valence-corrected chi connectivity index (χ1v) is 6.89. The Morgan fingerprint density at radius 3 is 2.67 bits per heavy atom. The number of nitrogens with zero attached hydrogens (tertiary/aromatic N) is 2. The lowest BCUT2D eigenvalue weighted by Crippen LogP contribution is -2.05. The minimum absolute atomic E-state index is 0.0339. The molecule has 1 atom stereocenters. The highest BCUT2D eigenvalue weighted by atomic mass is 16.5. The van der Waals surface area contributed by atoms with E-state index >= 15 is 0 Å². The molecular weight excluding hydrogens is 262 g/mol. The topological polar surface area (TPSA) is 61.0 Å². The smallest absolute Gasteiger partial charge is 0.219 e. The molecule has 0 saturated heterocycles. The first-order chi connectivity index (χ1) is 10.1. The first kappa shape index (κ1) is 13.5. The molecule has 0 aliphatic rings. The van der Waals surface area contributed by atoms with Crippen LogP contribution < -0.4 is 10.5 Å². The molecule has 0 radical (unpaired) electrons. The van der Waals surface area contributed by atoms with E-state index in [1.807, 2.05) is 56.3 Å². The highest BCUT2D eigenvalue weighted by Crippen LogP contribution is 2.28. The van der Waals surface area contributed by atoms with E-state index in [0.29, 0.717) is 11.6 Å². The minimum Gasteiger partial charge on any atom is -0.437 e. The Kier molecular flexibility index (Phi) is 3.54. The Hall–Kier alpha value is -2.46. The van der Waals surface area contributed by atoms with E-state index in [4.69, 9.17) is 10.5 Å². The van der Waals surface area contributed by atoms with Gasteiger partial charge in [0.2, 0.25) is 5.88 Å². The highest BCUT2D eigenvalue weighted by molar-refractivity contribution is 5.84. The molecule has 0 amide bonds. The number of pyridine rings is 2. The van der Waals surface area contributed by atoms with Crippen molar-refractivity contribution >= 4 is 10.9 Å². The number of nitrogens with two attached hydrogens (primary N) is 1. The minimum atomic E-state index is -0.0339. The molecule has 3 rings (SSSR count). The number of aromatic nitrogens is 2. The van der Waals surface area contributed by atoms with Gasteiger partial charge in [-0.2, -0.15) is 0 Å². The van der Waals surface area contributed by atoms with E-state index in [0.717, 1.165) is 22.2 Å². The number of ether oxygens (including phenoxy) is 1. The summed E-state index contributed by atoms with van der Waals surface area (Å²) >= 11 is 0. The molecule has 4 nitrogen and oxygen atoms in total. The van der Waals surface area contributed by atoms with Crippen molar-refractivity contribution in [3.63, 3.8) is 0 Å². The van der Waals surface area contributed by atoms with E-state index in [1.54, 1.807) is 6.20 Å². The van der Waals surface area contributed by atoms with Gasteiger partial charge in [-0.25, -0.2) is 9.97 Å². The summed E-state index contributed by atoms with van der Waals surface area (Å²) in [5.74, 6) is 1.24. The van der Waals surface area contributed by atoms with Crippen LogP contribution in [0.4, 0.5) is 0 Å². The zero-order valence-electron chi connectivity index (χ0n) is 12.1. The van der Waals surface area contributed by atoms with Crippen molar-refractivity contribution in [3.05, 3.63) is 59.9 Å². The molecule has 0 aliphatic heterocycles. The molecule has 106 valence electrons. The van der Waals surface area contributed by atoms with Gasteiger partial charge in [-0.3, -0.25) is 0 Å². The Morgan fingerprint density at radius 2 is 1.95 bits per heavy atom. The van der Waals surface area contributed by atoms with Crippen LogP contribution in [0, 0.1) is 6.92 Å². The second kappa shape index (κ2) is 5.50. The summed E-state index contributed by atoms with van der Waals surface area (Å²) in [6.45, 7) is 3.89. The number of hydrogen-bond acceptors (Lipinski definition) is 4. The summed E-state index contributed by atoms with van der Waals surface area (Å²) in [7, 11) is 0. The van der Waals surface area contributed by atoms with Crippen LogP contribution in [0.1, 0.15) is 24.2 Å². The number of para-hydroxylation sites is 1. The number of benzene rings is 1. The van der Waals surface area contributed by atoms with Crippen LogP contribution in [0.3, 0.4) is 0 Å². The Morgan fingerprint density at radius 1 is 1.10 bits per heavy atom. The SMILES string of the molecule is Cc1ccc2cccc(Oc3ccc(C(C)N)cn3)c2n1. The zero-order valence-corrected chi connectivity index (χ0v) is 12.1. The molecule has 1 unspecified atom stereocenters. The average Bonchev–Trinajstić information content (AvgIpc) is 2.48. The fourth-order valence-electron chi connectivity index (χ4n) is 2.13. The van der Waals surface area contributed by atoms with Crippen molar-refractivity contribution in [3.8, 4) is 11.6 Å². The molecule has 0 aliphatic carbocycles. The maximum atomic E-state index is 5.87. The lowest BCUT2D eigenvalue weighted by atomic mass is 10.1. The molecule has 0 fully saturated rings. The summed E-state index contributed by atoms with van der Waals surface area (Å²) in [6.07, 6.45) is 1.74. The summed E-state index contributed by atoms with van der Waals surface area (Å²) in [5, 5.41) is 1.05. The van der Waals surface area contributed by atoms with Crippen molar-refractivity contribution in [1.29, 1.82) is 0 Å². The lowest BCUT2D eigenvalue weighted by Gasteiger charge is -2.09. The Balaban J connectivity index is 1.96. The van der Waals surface area contributed by atoms with Crippen molar-refractivity contribution in [2.75, 3.05) is 0 Å². The van der Waals surface area contributed by atoms with E-state index in [9.17, 15) is 0 Å². The Labute approximate surface area is 123 Å². The maximum Gasteiger partial charge on any atom is 0.219 e. The van der Waals surface area contributed by atoms with Gasteiger partial charge in [0.1, 0.15) is 5.52 Å². The summed E-state index contributed by atoms with van der Waals surface area (Å²) in [4.78, 5) is 8.84. The average molecular weight is 279 g/mol. The molecule has 21 heavy (non-hydrogen) atoms. The second-order valence-electron chi connectivity index (χ2n) is 5.10. The molecule has 0 bridgehead atoms. The third-order valence-corrected chi connectivity index (χ3v) is 3.32. The van der Waals surface area contributed by atoms with E-state index in [-0.39, 0.29) is 6.04 Å². The Bertz CT molecular complexity index is 767. The third kappa shape index (κ3) is 2.85. The van der Waals surface area contributed by atoms with Crippen LogP contribution in [-0.2, 0) is 0 Å². The molecule has 2 heterocycles. The van der Waals surface area contributed by atoms with Crippen molar-refractivity contribution in [2.24, 2.45) is 5.73 Å². The van der Waals surface area contributed by atoms with E-state index < -0.39 is 0 Å². The van der Waals surface area contributed by atoms with Crippen molar-refractivity contribution < 1.29 is 4.74 Å². The van der Waals surface area contributed by atoms with Crippen LogP contribution in [-0.4, -0.2) is 9.97 Å². The standard InChI is InChI=1S/C17H17N3O/c1-11-6-7-13-4-3-5-15(17(13)20-11)21-16-9-8-14(10-19-16)12(2)18/h3-10,12H,18H2,1-2H3. The number of fused-ring (bicyclic) bond motifs is 1. The number of rotatable bonds is 3. The second-order valence-corrected chi connectivity index (χ2v) is 5.10. The highest BCUT2D eigenvalue weighted by Gasteiger charge is 2.07. The quantitative estimate of drug-likeness (QED) is 0.793. The van der Waals surface area contributed by atoms with Crippen LogP contribution in [0.5, 0.6) is 11.6 Å². The molecule has 1 aromatic carbocycles. The summed E-state index contributed by atoms with van der Waals surface area (Å²) in [6, 6.07) is 13.6. The van der Waals surface area contributed by atoms with Gasteiger partial charge in [-0.05, 0) is 31.5 Å². The number of hydrogen-bond donors (Lipinski definition) is 1. The third-order valence-electron chi connectivity index (χ3n) is 3.32. The molecular formula is C17H17N3O. The van der Waals surface area contributed by atoms with E-state index in [1.165, 1.54) is 0 Å². The fraction of sp³-hybridized carbons (Fsp3) is 0.176. The maximum absolute atomic E-state index is 5.87. The predicted molar refractivity (Wildman–Crippen MR) is 83.4 cm³/mol. The summed E-state index contributed by atoms with van der Waals surface area (Å²) in [5.41, 5.74) is 8.60. The van der Waals surface area contributed by atoms with Crippen molar-refractivity contribution in [2.45, 2.75) is 19.9 Å². The van der Waals surface area contributed by atoms with E-state index in [2.05, 4.69) is 9.97 Å².